The molecule has 1 rings (SSSR count). The van der Waals surface area contributed by atoms with Gasteiger partial charge in [-0.2, -0.15) is 0 Å². The molecule has 0 bridgehead atoms. The van der Waals surface area contributed by atoms with Crippen molar-refractivity contribution in [3.63, 3.8) is 0 Å². The number of aryl methyl sites for hydroxylation is 1. The topological polar surface area (TPSA) is 66.8 Å². The van der Waals surface area contributed by atoms with Crippen molar-refractivity contribution in [3.8, 4) is 5.75 Å². The van der Waals surface area contributed by atoms with Crippen LogP contribution in [-0.2, 0) is 14.6 Å². The first kappa shape index (κ1) is 24.7. The number of rotatable bonds is 17. The summed E-state index contributed by atoms with van der Waals surface area (Å²) in [5.74, 6) is 0.430. The second-order valence-corrected chi connectivity index (χ2v) is 10.2. The zero-order valence-corrected chi connectivity index (χ0v) is 19.1. The monoisotopic (exact) mass is 463 g/mol. The Morgan fingerprint density at radius 1 is 0.778 bits per heavy atom. The van der Waals surface area contributed by atoms with E-state index in [0.717, 1.165) is 37.7 Å². The summed E-state index contributed by atoms with van der Waals surface area (Å²) >= 11 is 2.17. The van der Waals surface area contributed by atoms with Crippen LogP contribution in [0.4, 0.5) is 0 Å². The first-order chi connectivity index (χ1) is 13.0. The van der Waals surface area contributed by atoms with Gasteiger partial charge in [0.05, 0.1) is 0 Å². The molecule has 2 N–H and O–H groups in total. The van der Waals surface area contributed by atoms with Crippen LogP contribution < -0.4 is 0 Å². The molecule has 1 radical (unpaired) electrons. The van der Waals surface area contributed by atoms with Crippen LogP contribution in [0.2, 0.25) is 0 Å². The Labute approximate surface area is 173 Å². The molecule has 155 valence electrons. The van der Waals surface area contributed by atoms with Crippen molar-refractivity contribution >= 4 is 23.9 Å². The Morgan fingerprint density at radius 3 is 1.70 bits per heavy atom. The quantitative estimate of drug-likeness (QED) is 0.162. The third-order valence-corrected chi connectivity index (χ3v) is 7.58. The molecule has 0 aliphatic carbocycles. The Morgan fingerprint density at radius 2 is 1.22 bits per heavy atom. The zero-order valence-electron chi connectivity index (χ0n) is 16.5. The van der Waals surface area contributed by atoms with E-state index in [2.05, 4.69) is 19.9 Å². The van der Waals surface area contributed by atoms with Crippen molar-refractivity contribution in [1.82, 2.24) is 0 Å². The van der Waals surface area contributed by atoms with Gasteiger partial charge in [-0.1, -0.05) is 37.5 Å². The average molecular weight is 462 g/mol. The zero-order chi connectivity index (χ0) is 19.8. The number of hydrogen-bond donors (Lipinski definition) is 2. The number of para-hydroxylation sites is 1. The molecule has 0 spiro atoms. The van der Waals surface area contributed by atoms with E-state index in [4.69, 9.17) is 0 Å². The minimum absolute atomic E-state index is 0.256. The maximum absolute atomic E-state index is 11.3. The molecule has 1 aromatic rings. The van der Waals surface area contributed by atoms with Gasteiger partial charge in [0.1, 0.15) is 5.75 Å². The summed E-state index contributed by atoms with van der Waals surface area (Å²) in [5.41, 5.74) is 1.07. The molecule has 0 heterocycles. The first-order valence-corrected chi connectivity index (χ1v) is 12.9. The summed E-state index contributed by atoms with van der Waals surface area (Å²) in [7, 11) is -3.34. The van der Waals surface area contributed by atoms with Gasteiger partial charge in [-0.25, -0.2) is 0 Å². The van der Waals surface area contributed by atoms with Crippen LogP contribution in [0.15, 0.2) is 24.3 Å². The molecular weight excluding hydrogens is 426 g/mol. The molecule has 0 aliphatic heterocycles. The van der Waals surface area contributed by atoms with Crippen molar-refractivity contribution in [2.45, 2.75) is 89.9 Å². The second kappa shape index (κ2) is 15.6. The molecule has 0 aliphatic rings. The van der Waals surface area contributed by atoms with Crippen LogP contribution in [0, 0.1) is 0 Å². The Bertz CT molecular complexity index is 539. The maximum atomic E-state index is 11.3. The van der Waals surface area contributed by atoms with Gasteiger partial charge >= 0.3 is 101 Å². The predicted octanol–water partition coefficient (Wildman–Crippen LogP) is 6.29. The summed E-state index contributed by atoms with van der Waals surface area (Å²) in [6.45, 7) is 0. The Hall–Kier alpha value is -0.311. The predicted molar refractivity (Wildman–Crippen MR) is 113 cm³/mol. The van der Waals surface area contributed by atoms with E-state index in [0.29, 0.717) is 5.75 Å². The van der Waals surface area contributed by atoms with Crippen LogP contribution in [-0.4, -0.2) is 32.5 Å². The molecular formula is C21H36O4PSe. The van der Waals surface area contributed by atoms with Crippen molar-refractivity contribution in [3.05, 3.63) is 29.8 Å². The minimum atomic E-state index is -3.34. The second-order valence-electron chi connectivity index (χ2n) is 7.41. The average Bonchev–Trinajstić information content (AvgIpc) is 2.66. The summed E-state index contributed by atoms with van der Waals surface area (Å²) in [6, 6.07) is 7.64. The Kier molecular flexibility index (Phi) is 14.3. The van der Waals surface area contributed by atoms with Crippen LogP contribution in [0.5, 0.6) is 5.75 Å². The fraction of sp³-hybridized carbons (Fsp3) is 0.714. The van der Waals surface area contributed by atoms with E-state index in [1.165, 1.54) is 57.8 Å². The molecule has 6 heteroatoms. The number of hydrogen-bond acceptors (Lipinski definition) is 3. The van der Waals surface area contributed by atoms with Crippen LogP contribution in [0.25, 0.3) is 0 Å². The van der Waals surface area contributed by atoms with Gasteiger partial charge in [-0.15, -0.1) is 0 Å². The third kappa shape index (κ3) is 13.5. The van der Waals surface area contributed by atoms with E-state index in [9.17, 15) is 14.6 Å². The Balaban J connectivity index is 1.79. The number of unbranched alkanes of at least 4 members (excludes halogenated alkanes) is 12. The van der Waals surface area contributed by atoms with Gasteiger partial charge in [0.25, 0.3) is 0 Å². The van der Waals surface area contributed by atoms with E-state index < -0.39 is 7.60 Å². The van der Waals surface area contributed by atoms with Crippen molar-refractivity contribution in [1.29, 1.82) is 0 Å². The van der Waals surface area contributed by atoms with Gasteiger partial charge in [0.2, 0.25) is 0 Å². The number of benzene rings is 1. The van der Waals surface area contributed by atoms with Crippen molar-refractivity contribution in [2.75, 3.05) is 6.16 Å². The van der Waals surface area contributed by atoms with Crippen molar-refractivity contribution < 1.29 is 18.2 Å². The molecule has 0 aromatic heterocycles. The molecule has 1 unspecified atom stereocenters. The van der Waals surface area contributed by atoms with Crippen LogP contribution in [0.1, 0.15) is 89.0 Å². The van der Waals surface area contributed by atoms with Crippen LogP contribution >= 0.6 is 7.60 Å². The molecule has 0 amide bonds. The SMILES string of the molecule is O=P(O)(CCCCCCCCCCCCCCCc1ccccc1O)O[Se]. The van der Waals surface area contributed by atoms with Crippen LogP contribution in [0.3, 0.4) is 0 Å². The van der Waals surface area contributed by atoms with E-state index >= 15 is 0 Å². The fourth-order valence-electron chi connectivity index (χ4n) is 3.33. The first-order valence-electron chi connectivity index (χ1n) is 10.5. The third-order valence-electron chi connectivity index (χ3n) is 4.99. The normalized spacial score (nSPS) is 13.6. The number of phenols is 1. The molecule has 4 nitrogen and oxygen atoms in total. The molecule has 0 saturated heterocycles. The van der Waals surface area contributed by atoms with Gasteiger partial charge in [-0.3, -0.25) is 0 Å². The number of phenolic OH excluding ortho intramolecular Hbond substituents is 1. The van der Waals surface area contributed by atoms with E-state index in [1.54, 1.807) is 6.07 Å². The summed E-state index contributed by atoms with van der Waals surface area (Å²) in [6.07, 6.45) is 17.0. The molecule has 0 saturated carbocycles. The van der Waals surface area contributed by atoms with E-state index in [-0.39, 0.29) is 6.16 Å². The van der Waals surface area contributed by atoms with E-state index in [1.807, 2.05) is 18.2 Å². The molecule has 27 heavy (non-hydrogen) atoms. The van der Waals surface area contributed by atoms with Crippen molar-refractivity contribution in [2.24, 2.45) is 0 Å². The summed E-state index contributed by atoms with van der Waals surface area (Å²) in [4.78, 5) is 9.27. The molecule has 1 atom stereocenters. The van der Waals surface area contributed by atoms with Gasteiger partial charge in [0, 0.05) is 0 Å². The number of aromatic hydroxyl groups is 1. The van der Waals surface area contributed by atoms with Gasteiger partial charge in [-0.05, 0) is 24.5 Å². The van der Waals surface area contributed by atoms with Gasteiger partial charge in [0.15, 0.2) is 0 Å². The summed E-state index contributed by atoms with van der Waals surface area (Å²) < 4.78 is 15.7. The molecule has 0 fully saturated rings. The standard InChI is InChI=1S/C21H36O4PSe/c22-21-18-14-13-17-20(21)16-12-10-8-6-4-2-1-3-5-7-9-11-15-19-26(23,24)25-27/h13-14,17-18,22H,1-12,15-16,19H2,(H,23,24). The van der Waals surface area contributed by atoms with Gasteiger partial charge < -0.3 is 5.11 Å². The fourth-order valence-corrected chi connectivity index (χ4v) is 4.50. The summed E-state index contributed by atoms with van der Waals surface area (Å²) in [5, 5.41) is 9.73. The molecule has 1 aromatic carbocycles.